The standard InChI is InChI=1S/C9H14N4/c1-9(3-4-10)11-6-8-13-7-2-5-12-13/h2,5,7,9,11H,3,6,8H2,1H3. The lowest BCUT2D eigenvalue weighted by molar-refractivity contribution is 0.500. The van der Waals surface area contributed by atoms with Gasteiger partial charge in [-0.2, -0.15) is 10.4 Å². The molecule has 0 amide bonds. The van der Waals surface area contributed by atoms with Crippen LogP contribution in [0, 0.1) is 11.3 Å². The average Bonchev–Trinajstić information content (AvgIpc) is 2.57. The van der Waals surface area contributed by atoms with Crippen LogP contribution in [0.1, 0.15) is 13.3 Å². The number of nitrogens with one attached hydrogen (secondary N) is 1. The van der Waals surface area contributed by atoms with E-state index in [2.05, 4.69) is 16.5 Å². The van der Waals surface area contributed by atoms with E-state index in [1.165, 1.54) is 0 Å². The van der Waals surface area contributed by atoms with E-state index >= 15 is 0 Å². The second-order valence-corrected chi connectivity index (χ2v) is 2.99. The number of hydrogen-bond donors (Lipinski definition) is 1. The van der Waals surface area contributed by atoms with Crippen molar-refractivity contribution in [2.45, 2.75) is 25.9 Å². The van der Waals surface area contributed by atoms with Crippen molar-refractivity contribution >= 4 is 0 Å². The van der Waals surface area contributed by atoms with Gasteiger partial charge in [-0.05, 0) is 13.0 Å². The summed E-state index contributed by atoms with van der Waals surface area (Å²) in [7, 11) is 0. The van der Waals surface area contributed by atoms with Crippen LogP contribution >= 0.6 is 0 Å². The molecule has 0 radical (unpaired) electrons. The van der Waals surface area contributed by atoms with E-state index < -0.39 is 0 Å². The predicted octanol–water partition coefficient (Wildman–Crippen LogP) is 0.775. The van der Waals surface area contributed by atoms with Gasteiger partial charge >= 0.3 is 0 Å². The Labute approximate surface area is 78.2 Å². The second-order valence-electron chi connectivity index (χ2n) is 2.99. The maximum Gasteiger partial charge on any atom is 0.0638 e. The number of hydrogen-bond acceptors (Lipinski definition) is 3. The number of rotatable bonds is 5. The van der Waals surface area contributed by atoms with Gasteiger partial charge in [0.05, 0.1) is 19.0 Å². The summed E-state index contributed by atoms with van der Waals surface area (Å²) in [6, 6.07) is 4.29. The molecule has 4 nitrogen and oxygen atoms in total. The summed E-state index contributed by atoms with van der Waals surface area (Å²) < 4.78 is 1.87. The SMILES string of the molecule is CC(CC#N)NCCn1cccn1. The van der Waals surface area contributed by atoms with Crippen LogP contribution in [-0.2, 0) is 6.54 Å². The molecule has 0 aliphatic rings. The molecule has 0 aliphatic carbocycles. The average molecular weight is 178 g/mol. The largest absolute Gasteiger partial charge is 0.311 e. The molecule has 13 heavy (non-hydrogen) atoms. The van der Waals surface area contributed by atoms with Crippen molar-refractivity contribution in [3.05, 3.63) is 18.5 Å². The van der Waals surface area contributed by atoms with Crippen molar-refractivity contribution in [2.75, 3.05) is 6.54 Å². The van der Waals surface area contributed by atoms with Crippen LogP contribution in [0.15, 0.2) is 18.5 Å². The minimum Gasteiger partial charge on any atom is -0.311 e. The zero-order valence-electron chi connectivity index (χ0n) is 7.77. The van der Waals surface area contributed by atoms with E-state index in [-0.39, 0.29) is 6.04 Å². The molecule has 0 fully saturated rings. The first-order valence-corrected chi connectivity index (χ1v) is 4.40. The van der Waals surface area contributed by atoms with Gasteiger partial charge < -0.3 is 5.32 Å². The molecule has 1 heterocycles. The third-order valence-corrected chi connectivity index (χ3v) is 1.79. The Bertz CT molecular complexity index is 260. The van der Waals surface area contributed by atoms with Gasteiger partial charge in [0.2, 0.25) is 0 Å². The first-order chi connectivity index (χ1) is 6.33. The number of nitriles is 1. The molecular weight excluding hydrogens is 164 g/mol. The van der Waals surface area contributed by atoms with Crippen LogP contribution in [0.25, 0.3) is 0 Å². The van der Waals surface area contributed by atoms with Crippen LogP contribution in [0.2, 0.25) is 0 Å². The summed E-state index contributed by atoms with van der Waals surface area (Å²) in [4.78, 5) is 0. The molecular formula is C9H14N4. The Morgan fingerprint density at radius 3 is 3.15 bits per heavy atom. The lowest BCUT2D eigenvalue weighted by atomic mass is 10.2. The summed E-state index contributed by atoms with van der Waals surface area (Å²) in [5.41, 5.74) is 0. The van der Waals surface area contributed by atoms with Crippen molar-refractivity contribution in [1.82, 2.24) is 15.1 Å². The zero-order chi connectivity index (χ0) is 9.52. The van der Waals surface area contributed by atoms with Crippen molar-refractivity contribution < 1.29 is 0 Å². The molecule has 0 aliphatic heterocycles. The van der Waals surface area contributed by atoms with Gasteiger partial charge in [-0.1, -0.05) is 0 Å². The lowest BCUT2D eigenvalue weighted by Crippen LogP contribution is -2.29. The quantitative estimate of drug-likeness (QED) is 0.724. The summed E-state index contributed by atoms with van der Waals surface area (Å²) in [6.07, 6.45) is 4.24. The van der Waals surface area contributed by atoms with Crippen molar-refractivity contribution in [1.29, 1.82) is 5.26 Å². The molecule has 1 unspecified atom stereocenters. The zero-order valence-corrected chi connectivity index (χ0v) is 7.77. The van der Waals surface area contributed by atoms with Crippen LogP contribution in [-0.4, -0.2) is 22.4 Å². The van der Waals surface area contributed by atoms with Crippen molar-refractivity contribution in [2.24, 2.45) is 0 Å². The smallest absolute Gasteiger partial charge is 0.0638 e. The molecule has 1 atom stereocenters. The number of aromatic nitrogens is 2. The maximum absolute atomic E-state index is 8.41. The van der Waals surface area contributed by atoms with Gasteiger partial charge in [0, 0.05) is 25.0 Å². The first-order valence-electron chi connectivity index (χ1n) is 4.40. The third kappa shape index (κ3) is 3.72. The molecule has 1 aromatic heterocycles. The minimum absolute atomic E-state index is 0.264. The van der Waals surface area contributed by atoms with Crippen LogP contribution < -0.4 is 5.32 Å². The van der Waals surface area contributed by atoms with E-state index in [1.54, 1.807) is 6.20 Å². The van der Waals surface area contributed by atoms with Gasteiger partial charge in [0.1, 0.15) is 0 Å². The lowest BCUT2D eigenvalue weighted by Gasteiger charge is -2.09. The molecule has 0 saturated carbocycles. The predicted molar refractivity (Wildman–Crippen MR) is 49.9 cm³/mol. The highest BCUT2D eigenvalue weighted by Crippen LogP contribution is 1.88. The first kappa shape index (κ1) is 9.75. The summed E-state index contributed by atoms with van der Waals surface area (Å²) in [5.74, 6) is 0. The highest BCUT2D eigenvalue weighted by molar-refractivity contribution is 4.79. The molecule has 0 spiro atoms. The van der Waals surface area contributed by atoms with Gasteiger partial charge in [0.25, 0.3) is 0 Å². The summed E-state index contributed by atoms with van der Waals surface area (Å²) in [6.45, 7) is 3.71. The molecule has 4 heteroatoms. The van der Waals surface area contributed by atoms with E-state index in [0.717, 1.165) is 13.1 Å². The summed E-state index contributed by atoms with van der Waals surface area (Å²) in [5, 5.41) is 15.7. The van der Waals surface area contributed by atoms with Gasteiger partial charge in [-0.25, -0.2) is 0 Å². The van der Waals surface area contributed by atoms with E-state index in [4.69, 9.17) is 5.26 Å². The summed E-state index contributed by atoms with van der Waals surface area (Å²) >= 11 is 0. The van der Waals surface area contributed by atoms with E-state index in [9.17, 15) is 0 Å². The third-order valence-electron chi connectivity index (χ3n) is 1.79. The monoisotopic (exact) mass is 178 g/mol. The Hall–Kier alpha value is -1.34. The molecule has 0 saturated heterocycles. The van der Waals surface area contributed by atoms with Gasteiger partial charge in [0.15, 0.2) is 0 Å². The fraction of sp³-hybridized carbons (Fsp3) is 0.556. The fourth-order valence-corrected chi connectivity index (χ4v) is 1.07. The van der Waals surface area contributed by atoms with Crippen LogP contribution in [0.4, 0.5) is 0 Å². The van der Waals surface area contributed by atoms with E-state index in [1.807, 2.05) is 23.9 Å². The molecule has 1 N–H and O–H groups in total. The Morgan fingerprint density at radius 2 is 2.54 bits per heavy atom. The highest BCUT2D eigenvalue weighted by atomic mass is 15.3. The minimum atomic E-state index is 0.264. The topological polar surface area (TPSA) is 53.6 Å². The second kappa shape index (κ2) is 5.33. The van der Waals surface area contributed by atoms with E-state index in [0.29, 0.717) is 6.42 Å². The molecule has 1 aromatic rings. The Balaban J connectivity index is 2.11. The van der Waals surface area contributed by atoms with Crippen LogP contribution in [0.5, 0.6) is 0 Å². The molecule has 0 aromatic carbocycles. The van der Waals surface area contributed by atoms with Gasteiger partial charge in [-0.3, -0.25) is 4.68 Å². The highest BCUT2D eigenvalue weighted by Gasteiger charge is 1.98. The molecule has 0 bridgehead atoms. The maximum atomic E-state index is 8.41. The van der Waals surface area contributed by atoms with Gasteiger partial charge in [-0.15, -0.1) is 0 Å². The van der Waals surface area contributed by atoms with Crippen molar-refractivity contribution in [3.63, 3.8) is 0 Å². The van der Waals surface area contributed by atoms with Crippen molar-refractivity contribution in [3.8, 4) is 6.07 Å². The molecule has 70 valence electrons. The Kier molecular flexibility index (Phi) is 4.00. The Morgan fingerprint density at radius 1 is 1.69 bits per heavy atom. The number of nitrogens with zero attached hydrogens (tertiary/aromatic N) is 3. The van der Waals surface area contributed by atoms with Crippen LogP contribution in [0.3, 0.4) is 0 Å². The molecule has 1 rings (SSSR count). The fourth-order valence-electron chi connectivity index (χ4n) is 1.07. The normalized spacial score (nSPS) is 12.3.